The van der Waals surface area contributed by atoms with Crippen molar-refractivity contribution in [2.75, 3.05) is 19.6 Å². The third kappa shape index (κ3) is 4.78. The molecule has 0 aromatic heterocycles. The van der Waals surface area contributed by atoms with Crippen molar-refractivity contribution < 1.29 is 9.59 Å². The lowest BCUT2D eigenvalue weighted by molar-refractivity contribution is -0.121. The van der Waals surface area contributed by atoms with Crippen LogP contribution < -0.4 is 16.0 Å². The molecule has 86 valence electrons. The van der Waals surface area contributed by atoms with E-state index < -0.39 is 0 Å². The second-order valence-electron chi connectivity index (χ2n) is 4.28. The van der Waals surface area contributed by atoms with Gasteiger partial charge in [0.2, 0.25) is 11.8 Å². The Kier molecular flexibility index (Phi) is 4.55. The van der Waals surface area contributed by atoms with E-state index in [0.717, 1.165) is 0 Å². The molecule has 0 aromatic rings. The van der Waals surface area contributed by atoms with Crippen molar-refractivity contribution in [2.24, 2.45) is 5.92 Å². The van der Waals surface area contributed by atoms with Gasteiger partial charge in [0, 0.05) is 25.6 Å². The van der Waals surface area contributed by atoms with Crippen molar-refractivity contribution in [2.45, 2.75) is 26.3 Å². The van der Waals surface area contributed by atoms with Gasteiger partial charge in [-0.25, -0.2) is 0 Å². The van der Waals surface area contributed by atoms with Crippen molar-refractivity contribution in [1.29, 1.82) is 0 Å². The molecule has 2 amide bonds. The van der Waals surface area contributed by atoms with Gasteiger partial charge in [-0.05, 0) is 5.92 Å². The fourth-order valence-corrected chi connectivity index (χ4v) is 1.37. The first-order chi connectivity index (χ1) is 7.08. The molecule has 1 unspecified atom stereocenters. The Morgan fingerprint density at radius 3 is 2.87 bits per heavy atom. The van der Waals surface area contributed by atoms with Gasteiger partial charge >= 0.3 is 0 Å². The van der Waals surface area contributed by atoms with Gasteiger partial charge < -0.3 is 16.0 Å². The van der Waals surface area contributed by atoms with E-state index in [1.807, 2.05) is 13.8 Å². The van der Waals surface area contributed by atoms with Gasteiger partial charge in [0.1, 0.15) is 0 Å². The van der Waals surface area contributed by atoms with Crippen LogP contribution in [0.2, 0.25) is 0 Å². The lowest BCUT2D eigenvalue weighted by Crippen LogP contribution is -2.41. The minimum absolute atomic E-state index is 0.0111. The van der Waals surface area contributed by atoms with Crippen molar-refractivity contribution >= 4 is 11.8 Å². The molecule has 1 aliphatic rings. The maximum atomic E-state index is 11.3. The van der Waals surface area contributed by atoms with E-state index in [1.165, 1.54) is 0 Å². The summed E-state index contributed by atoms with van der Waals surface area (Å²) in [6.07, 6.45) is 0.470. The SMILES string of the molecule is CC(C)CNC(=O)CNC1CNC(=O)C1. The van der Waals surface area contributed by atoms with Gasteiger partial charge in [0.15, 0.2) is 0 Å². The quantitative estimate of drug-likeness (QED) is 0.562. The molecule has 1 heterocycles. The molecule has 5 heteroatoms. The fraction of sp³-hybridized carbons (Fsp3) is 0.800. The molecule has 1 aliphatic heterocycles. The Balaban J connectivity index is 2.09. The predicted octanol–water partition coefficient (Wildman–Crippen LogP) is -0.763. The Morgan fingerprint density at radius 1 is 1.60 bits per heavy atom. The summed E-state index contributed by atoms with van der Waals surface area (Å²) in [5, 5.41) is 8.56. The Labute approximate surface area is 90.0 Å². The number of amides is 2. The summed E-state index contributed by atoms with van der Waals surface area (Å²) < 4.78 is 0. The molecule has 1 atom stereocenters. The van der Waals surface area contributed by atoms with E-state index in [9.17, 15) is 9.59 Å². The summed E-state index contributed by atoms with van der Waals surface area (Å²) in [6, 6.07) is 0.0994. The number of carbonyl (C=O) groups is 2. The van der Waals surface area contributed by atoms with E-state index in [0.29, 0.717) is 25.4 Å². The lowest BCUT2D eigenvalue weighted by Gasteiger charge is -2.11. The first-order valence-electron chi connectivity index (χ1n) is 5.34. The monoisotopic (exact) mass is 213 g/mol. The van der Waals surface area contributed by atoms with E-state index in [2.05, 4.69) is 16.0 Å². The highest BCUT2D eigenvalue weighted by atomic mass is 16.2. The average Bonchev–Trinajstić information content (AvgIpc) is 2.58. The fourth-order valence-electron chi connectivity index (χ4n) is 1.37. The van der Waals surface area contributed by atoms with E-state index in [1.54, 1.807) is 0 Å². The number of hydrogen-bond donors (Lipinski definition) is 3. The van der Waals surface area contributed by atoms with Crippen LogP contribution in [-0.4, -0.2) is 37.5 Å². The minimum atomic E-state index is -0.0111. The van der Waals surface area contributed by atoms with Crippen LogP contribution in [0.1, 0.15) is 20.3 Å². The molecule has 3 N–H and O–H groups in total. The summed E-state index contributed by atoms with van der Waals surface area (Å²) in [6.45, 7) is 5.70. The van der Waals surface area contributed by atoms with Crippen molar-refractivity contribution in [3.8, 4) is 0 Å². The molecule has 0 saturated carbocycles. The number of nitrogens with one attached hydrogen (secondary N) is 3. The van der Waals surface area contributed by atoms with Crippen molar-refractivity contribution in [3.63, 3.8) is 0 Å². The Hall–Kier alpha value is -1.10. The normalized spacial score (nSPS) is 20.5. The van der Waals surface area contributed by atoms with E-state index >= 15 is 0 Å². The number of rotatable bonds is 5. The van der Waals surface area contributed by atoms with Crippen LogP contribution in [0.15, 0.2) is 0 Å². The van der Waals surface area contributed by atoms with E-state index in [4.69, 9.17) is 0 Å². The van der Waals surface area contributed by atoms with Gasteiger partial charge in [-0.2, -0.15) is 0 Å². The third-order valence-corrected chi connectivity index (χ3v) is 2.24. The van der Waals surface area contributed by atoms with Crippen molar-refractivity contribution in [1.82, 2.24) is 16.0 Å². The summed E-state index contributed by atoms with van der Waals surface area (Å²) in [7, 11) is 0. The van der Waals surface area contributed by atoms with Crippen molar-refractivity contribution in [3.05, 3.63) is 0 Å². The zero-order valence-electron chi connectivity index (χ0n) is 9.30. The molecule has 0 aliphatic carbocycles. The van der Waals surface area contributed by atoms with Gasteiger partial charge in [-0.1, -0.05) is 13.8 Å². The predicted molar refractivity (Wildman–Crippen MR) is 57.3 cm³/mol. The topological polar surface area (TPSA) is 70.2 Å². The molecule has 0 aromatic carbocycles. The molecular formula is C10H19N3O2. The maximum absolute atomic E-state index is 11.3. The highest BCUT2D eigenvalue weighted by molar-refractivity contribution is 5.80. The van der Waals surface area contributed by atoms with Crippen LogP contribution in [0.3, 0.4) is 0 Å². The number of carbonyl (C=O) groups excluding carboxylic acids is 2. The standard InChI is InChI=1S/C10H19N3O2/c1-7(2)4-12-10(15)6-11-8-3-9(14)13-5-8/h7-8,11H,3-6H2,1-2H3,(H,12,15)(H,13,14). The molecule has 0 bridgehead atoms. The van der Waals surface area contributed by atoms with Gasteiger partial charge in [0.05, 0.1) is 6.54 Å². The van der Waals surface area contributed by atoms with E-state index in [-0.39, 0.29) is 24.4 Å². The van der Waals surface area contributed by atoms with Gasteiger partial charge in [-0.15, -0.1) is 0 Å². The number of hydrogen-bond acceptors (Lipinski definition) is 3. The maximum Gasteiger partial charge on any atom is 0.233 e. The van der Waals surface area contributed by atoms with Crippen LogP contribution in [-0.2, 0) is 9.59 Å². The van der Waals surface area contributed by atoms with Crippen LogP contribution in [0.25, 0.3) is 0 Å². The highest BCUT2D eigenvalue weighted by Crippen LogP contribution is 1.97. The second kappa shape index (κ2) is 5.70. The first kappa shape index (κ1) is 12.0. The molecule has 5 nitrogen and oxygen atoms in total. The Morgan fingerprint density at radius 2 is 2.33 bits per heavy atom. The molecule has 1 saturated heterocycles. The van der Waals surface area contributed by atoms with Crippen LogP contribution in [0.4, 0.5) is 0 Å². The molecular weight excluding hydrogens is 194 g/mol. The molecule has 1 rings (SSSR count). The molecule has 1 fully saturated rings. The second-order valence-corrected chi connectivity index (χ2v) is 4.28. The zero-order valence-corrected chi connectivity index (χ0v) is 9.30. The zero-order chi connectivity index (χ0) is 11.3. The van der Waals surface area contributed by atoms with Gasteiger partial charge in [-0.3, -0.25) is 9.59 Å². The molecule has 15 heavy (non-hydrogen) atoms. The van der Waals surface area contributed by atoms with Crippen LogP contribution in [0, 0.1) is 5.92 Å². The molecule has 0 radical (unpaired) electrons. The summed E-state index contributed by atoms with van der Waals surface area (Å²) in [4.78, 5) is 22.2. The highest BCUT2D eigenvalue weighted by Gasteiger charge is 2.21. The van der Waals surface area contributed by atoms with Crippen LogP contribution in [0.5, 0.6) is 0 Å². The molecule has 0 spiro atoms. The Bertz CT molecular complexity index is 241. The minimum Gasteiger partial charge on any atom is -0.355 e. The van der Waals surface area contributed by atoms with Gasteiger partial charge in [0.25, 0.3) is 0 Å². The lowest BCUT2D eigenvalue weighted by atomic mass is 10.2. The summed E-state index contributed by atoms with van der Waals surface area (Å²) in [5.74, 6) is 0.502. The third-order valence-electron chi connectivity index (χ3n) is 2.24. The smallest absolute Gasteiger partial charge is 0.233 e. The first-order valence-corrected chi connectivity index (χ1v) is 5.34. The summed E-state index contributed by atoms with van der Waals surface area (Å²) in [5.41, 5.74) is 0. The summed E-state index contributed by atoms with van der Waals surface area (Å²) >= 11 is 0. The largest absolute Gasteiger partial charge is 0.355 e. The average molecular weight is 213 g/mol. The van der Waals surface area contributed by atoms with Crippen LogP contribution >= 0.6 is 0 Å².